The van der Waals surface area contributed by atoms with Crippen LogP contribution in [0.5, 0.6) is 0 Å². The molecule has 1 aromatic carbocycles. The van der Waals surface area contributed by atoms with E-state index in [1.54, 1.807) is 12.1 Å². The van der Waals surface area contributed by atoms with E-state index in [4.69, 9.17) is 5.73 Å². The summed E-state index contributed by atoms with van der Waals surface area (Å²) < 4.78 is 13.3. The fraction of sp³-hybridized carbons (Fsp3) is 0.462. The first-order valence-electron chi connectivity index (χ1n) is 5.69. The van der Waals surface area contributed by atoms with Crippen LogP contribution in [-0.2, 0) is 0 Å². The molecule has 0 saturated heterocycles. The summed E-state index contributed by atoms with van der Waals surface area (Å²) in [5.41, 5.74) is 5.49. The SMILES string of the molecule is CC(C)(CCN)CNC(=O)c1ccccc1F. The van der Waals surface area contributed by atoms with Crippen molar-refractivity contribution in [1.29, 1.82) is 0 Å². The first kappa shape index (κ1) is 13.6. The van der Waals surface area contributed by atoms with Gasteiger partial charge in [-0.15, -0.1) is 0 Å². The third kappa shape index (κ3) is 4.15. The Bertz CT molecular complexity index is 391. The van der Waals surface area contributed by atoms with Crippen LogP contribution in [0, 0.1) is 11.2 Å². The fourth-order valence-corrected chi connectivity index (χ4v) is 1.54. The van der Waals surface area contributed by atoms with Gasteiger partial charge in [-0.1, -0.05) is 26.0 Å². The molecule has 0 saturated carbocycles. The van der Waals surface area contributed by atoms with Crippen molar-refractivity contribution in [2.75, 3.05) is 13.1 Å². The maximum Gasteiger partial charge on any atom is 0.254 e. The second-order valence-electron chi connectivity index (χ2n) is 4.87. The van der Waals surface area contributed by atoms with Gasteiger partial charge < -0.3 is 11.1 Å². The van der Waals surface area contributed by atoms with Crippen molar-refractivity contribution in [2.45, 2.75) is 20.3 Å². The van der Waals surface area contributed by atoms with Gasteiger partial charge in [-0.3, -0.25) is 4.79 Å². The van der Waals surface area contributed by atoms with Crippen molar-refractivity contribution < 1.29 is 9.18 Å². The standard InChI is InChI=1S/C13H19FN2O/c1-13(2,7-8-15)9-16-12(17)10-5-3-4-6-11(10)14/h3-6H,7-9,15H2,1-2H3,(H,16,17). The largest absolute Gasteiger partial charge is 0.351 e. The summed E-state index contributed by atoms with van der Waals surface area (Å²) in [5, 5.41) is 2.73. The molecule has 0 atom stereocenters. The summed E-state index contributed by atoms with van der Waals surface area (Å²) in [5.74, 6) is -0.880. The van der Waals surface area contributed by atoms with E-state index < -0.39 is 5.82 Å². The summed E-state index contributed by atoms with van der Waals surface area (Å²) >= 11 is 0. The molecule has 1 amide bonds. The van der Waals surface area contributed by atoms with Gasteiger partial charge in [0.2, 0.25) is 0 Å². The summed E-state index contributed by atoms with van der Waals surface area (Å²) in [4.78, 5) is 11.7. The van der Waals surface area contributed by atoms with Gasteiger partial charge in [0.15, 0.2) is 0 Å². The van der Waals surface area contributed by atoms with E-state index in [1.807, 2.05) is 13.8 Å². The minimum Gasteiger partial charge on any atom is -0.351 e. The molecule has 4 heteroatoms. The molecule has 0 aliphatic heterocycles. The zero-order valence-electron chi connectivity index (χ0n) is 10.3. The van der Waals surface area contributed by atoms with Crippen LogP contribution in [0.2, 0.25) is 0 Å². The molecule has 94 valence electrons. The van der Waals surface area contributed by atoms with E-state index >= 15 is 0 Å². The maximum absolute atomic E-state index is 13.3. The molecule has 0 fully saturated rings. The van der Waals surface area contributed by atoms with Crippen molar-refractivity contribution >= 4 is 5.91 Å². The van der Waals surface area contributed by atoms with Gasteiger partial charge in [0.05, 0.1) is 5.56 Å². The Kier molecular flexibility index (Phi) is 4.63. The normalized spacial score (nSPS) is 11.3. The smallest absolute Gasteiger partial charge is 0.254 e. The average molecular weight is 238 g/mol. The highest BCUT2D eigenvalue weighted by molar-refractivity contribution is 5.94. The number of nitrogens with two attached hydrogens (primary N) is 1. The number of benzene rings is 1. The molecule has 1 rings (SSSR count). The second kappa shape index (κ2) is 5.77. The van der Waals surface area contributed by atoms with Gasteiger partial charge in [-0.05, 0) is 30.5 Å². The van der Waals surface area contributed by atoms with Crippen LogP contribution in [0.25, 0.3) is 0 Å². The van der Waals surface area contributed by atoms with Gasteiger partial charge in [0.25, 0.3) is 5.91 Å². The highest BCUT2D eigenvalue weighted by Gasteiger charge is 2.19. The molecule has 0 radical (unpaired) electrons. The van der Waals surface area contributed by atoms with Crippen LogP contribution in [0.1, 0.15) is 30.6 Å². The van der Waals surface area contributed by atoms with Crippen molar-refractivity contribution in [3.63, 3.8) is 0 Å². The Hall–Kier alpha value is -1.42. The topological polar surface area (TPSA) is 55.1 Å². The first-order chi connectivity index (χ1) is 7.96. The molecular weight excluding hydrogens is 219 g/mol. The highest BCUT2D eigenvalue weighted by Crippen LogP contribution is 2.18. The lowest BCUT2D eigenvalue weighted by Crippen LogP contribution is -2.35. The number of amides is 1. The van der Waals surface area contributed by atoms with Crippen LogP contribution in [-0.4, -0.2) is 19.0 Å². The number of halogens is 1. The Labute approximate surface area is 101 Å². The third-order valence-electron chi connectivity index (χ3n) is 2.67. The van der Waals surface area contributed by atoms with E-state index in [0.717, 1.165) is 6.42 Å². The molecule has 3 N–H and O–H groups in total. The van der Waals surface area contributed by atoms with Gasteiger partial charge in [-0.2, -0.15) is 0 Å². The number of hydrogen-bond acceptors (Lipinski definition) is 2. The zero-order chi connectivity index (χ0) is 12.9. The van der Waals surface area contributed by atoms with Gasteiger partial charge in [-0.25, -0.2) is 4.39 Å². The van der Waals surface area contributed by atoms with Crippen molar-refractivity contribution in [2.24, 2.45) is 11.1 Å². The Balaban J connectivity index is 2.59. The van der Waals surface area contributed by atoms with Crippen molar-refractivity contribution in [1.82, 2.24) is 5.32 Å². The molecule has 0 aliphatic carbocycles. The molecule has 0 aromatic heterocycles. The lowest BCUT2D eigenvalue weighted by atomic mass is 9.89. The molecule has 1 aromatic rings. The Morgan fingerprint density at radius 2 is 2.06 bits per heavy atom. The lowest BCUT2D eigenvalue weighted by molar-refractivity contribution is 0.0931. The molecular formula is C13H19FN2O. The maximum atomic E-state index is 13.3. The van der Waals surface area contributed by atoms with E-state index in [-0.39, 0.29) is 16.9 Å². The predicted molar refractivity (Wildman–Crippen MR) is 66.2 cm³/mol. The average Bonchev–Trinajstić information content (AvgIpc) is 2.27. The molecule has 3 nitrogen and oxygen atoms in total. The van der Waals surface area contributed by atoms with Crippen LogP contribution < -0.4 is 11.1 Å². The number of carbonyl (C=O) groups is 1. The molecule has 0 unspecified atom stereocenters. The molecule has 0 bridgehead atoms. The van der Waals surface area contributed by atoms with Crippen LogP contribution in [0.3, 0.4) is 0 Å². The van der Waals surface area contributed by atoms with E-state index in [2.05, 4.69) is 5.32 Å². The van der Waals surface area contributed by atoms with Crippen LogP contribution in [0.4, 0.5) is 4.39 Å². The quantitative estimate of drug-likeness (QED) is 0.823. The van der Waals surface area contributed by atoms with E-state index in [9.17, 15) is 9.18 Å². The van der Waals surface area contributed by atoms with E-state index in [1.165, 1.54) is 12.1 Å². The number of nitrogens with one attached hydrogen (secondary N) is 1. The zero-order valence-corrected chi connectivity index (χ0v) is 10.3. The third-order valence-corrected chi connectivity index (χ3v) is 2.67. The molecule has 0 aliphatic rings. The highest BCUT2D eigenvalue weighted by atomic mass is 19.1. The van der Waals surface area contributed by atoms with Gasteiger partial charge >= 0.3 is 0 Å². The summed E-state index contributed by atoms with van der Waals surface area (Å²) in [6.07, 6.45) is 0.810. The Morgan fingerprint density at radius 3 is 2.65 bits per heavy atom. The minimum absolute atomic E-state index is 0.0737. The monoisotopic (exact) mass is 238 g/mol. The molecule has 0 spiro atoms. The number of rotatable bonds is 5. The van der Waals surface area contributed by atoms with E-state index in [0.29, 0.717) is 13.1 Å². The van der Waals surface area contributed by atoms with Crippen LogP contribution >= 0.6 is 0 Å². The van der Waals surface area contributed by atoms with Gasteiger partial charge in [0.1, 0.15) is 5.82 Å². The molecule has 17 heavy (non-hydrogen) atoms. The first-order valence-corrected chi connectivity index (χ1v) is 5.69. The fourth-order valence-electron chi connectivity index (χ4n) is 1.54. The predicted octanol–water partition coefficient (Wildman–Crippen LogP) is 1.93. The Morgan fingerprint density at radius 1 is 1.41 bits per heavy atom. The van der Waals surface area contributed by atoms with Crippen molar-refractivity contribution in [3.05, 3.63) is 35.6 Å². The van der Waals surface area contributed by atoms with Gasteiger partial charge in [0, 0.05) is 6.54 Å². The molecule has 0 heterocycles. The number of carbonyl (C=O) groups excluding carboxylic acids is 1. The van der Waals surface area contributed by atoms with Crippen LogP contribution in [0.15, 0.2) is 24.3 Å². The number of hydrogen-bond donors (Lipinski definition) is 2. The minimum atomic E-state index is -0.498. The lowest BCUT2D eigenvalue weighted by Gasteiger charge is -2.24. The second-order valence-corrected chi connectivity index (χ2v) is 4.87. The summed E-state index contributed by atoms with van der Waals surface area (Å²) in [6, 6.07) is 5.95. The summed E-state index contributed by atoms with van der Waals surface area (Å²) in [7, 11) is 0. The van der Waals surface area contributed by atoms with Crippen molar-refractivity contribution in [3.8, 4) is 0 Å². The summed E-state index contributed by atoms with van der Waals surface area (Å²) in [6.45, 7) is 5.09.